The largest absolute Gasteiger partial charge is 0.459 e. The van der Waals surface area contributed by atoms with E-state index < -0.39 is 10.0 Å². The highest BCUT2D eigenvalue weighted by Gasteiger charge is 2.31. The highest BCUT2D eigenvalue weighted by Crippen LogP contribution is 2.26. The Morgan fingerprint density at radius 2 is 1.96 bits per heavy atom. The number of sulfonamides is 1. The van der Waals surface area contributed by atoms with Crippen molar-refractivity contribution >= 4 is 38.9 Å². The predicted molar refractivity (Wildman–Crippen MR) is 106 cm³/mol. The minimum atomic E-state index is -3.19. The van der Waals surface area contributed by atoms with E-state index in [2.05, 4.69) is 4.98 Å². The number of benzene rings is 1. The summed E-state index contributed by atoms with van der Waals surface area (Å²) in [6, 6.07) is 7.41. The monoisotopic (exact) mass is 428 g/mol. The zero-order valence-electron chi connectivity index (χ0n) is 14.9. The van der Waals surface area contributed by atoms with Crippen molar-refractivity contribution in [2.75, 3.05) is 18.8 Å². The van der Waals surface area contributed by atoms with Crippen LogP contribution in [-0.4, -0.2) is 42.5 Å². The zero-order valence-corrected chi connectivity index (χ0v) is 17.3. The number of hydrogen-bond acceptors (Lipinski definition) is 6. The molecule has 27 heavy (non-hydrogen) atoms. The molecule has 0 saturated carbocycles. The lowest BCUT2D eigenvalue weighted by Crippen LogP contribution is -2.41. The molecule has 0 atom stereocenters. The molecule has 1 fully saturated rings. The van der Waals surface area contributed by atoms with Gasteiger partial charge in [0.15, 0.2) is 0 Å². The van der Waals surface area contributed by atoms with Crippen LogP contribution in [-0.2, 0) is 26.2 Å². The lowest BCUT2D eigenvalue weighted by Gasteiger charge is -2.29. The molecule has 0 N–H and O–H groups in total. The number of halogens is 1. The Morgan fingerprint density at radius 1 is 1.30 bits per heavy atom. The van der Waals surface area contributed by atoms with Crippen molar-refractivity contribution in [3.63, 3.8) is 0 Å². The molecule has 2 heterocycles. The Balaban J connectivity index is 1.51. The third-order valence-electron chi connectivity index (χ3n) is 4.55. The molecular formula is C18H21ClN2O4S2. The Bertz CT molecular complexity index is 888. The summed E-state index contributed by atoms with van der Waals surface area (Å²) in [4.78, 5) is 16.8. The number of carbonyl (C=O) groups is 1. The summed E-state index contributed by atoms with van der Waals surface area (Å²) in [7, 11) is -3.19. The molecule has 0 bridgehead atoms. The second-order valence-corrected chi connectivity index (χ2v) is 9.88. The van der Waals surface area contributed by atoms with Crippen molar-refractivity contribution in [3.05, 3.63) is 40.4 Å². The van der Waals surface area contributed by atoms with E-state index in [0.29, 0.717) is 36.6 Å². The molecule has 3 rings (SSSR count). The van der Waals surface area contributed by atoms with Crippen molar-refractivity contribution in [2.45, 2.75) is 26.4 Å². The van der Waals surface area contributed by atoms with E-state index in [1.54, 1.807) is 6.92 Å². The van der Waals surface area contributed by atoms with E-state index >= 15 is 0 Å². The van der Waals surface area contributed by atoms with Crippen LogP contribution in [0.25, 0.3) is 10.6 Å². The first kappa shape index (κ1) is 20.3. The maximum Gasteiger partial charge on any atom is 0.309 e. The van der Waals surface area contributed by atoms with Crippen molar-refractivity contribution in [1.82, 2.24) is 9.29 Å². The van der Waals surface area contributed by atoms with Gasteiger partial charge < -0.3 is 4.74 Å². The van der Waals surface area contributed by atoms with Gasteiger partial charge in [-0.25, -0.2) is 17.7 Å². The van der Waals surface area contributed by atoms with Crippen molar-refractivity contribution < 1.29 is 17.9 Å². The second kappa shape index (κ2) is 8.68. The van der Waals surface area contributed by atoms with Crippen molar-refractivity contribution in [2.24, 2.45) is 5.92 Å². The Labute approximate surface area is 168 Å². The van der Waals surface area contributed by atoms with Gasteiger partial charge in [-0.15, -0.1) is 11.3 Å². The maximum atomic E-state index is 12.3. The van der Waals surface area contributed by atoms with Gasteiger partial charge in [0.2, 0.25) is 10.0 Å². The zero-order chi connectivity index (χ0) is 19.4. The van der Waals surface area contributed by atoms with Gasteiger partial charge in [0.25, 0.3) is 0 Å². The third-order valence-corrected chi connectivity index (χ3v) is 7.62. The van der Waals surface area contributed by atoms with Crippen LogP contribution in [0.3, 0.4) is 0 Å². The molecule has 2 aromatic rings. The van der Waals surface area contributed by atoms with Crippen LogP contribution in [0.1, 0.15) is 25.5 Å². The number of carbonyl (C=O) groups excluding carboxylic acids is 1. The first-order chi connectivity index (χ1) is 12.9. The van der Waals surface area contributed by atoms with Crippen molar-refractivity contribution in [3.8, 4) is 10.6 Å². The summed E-state index contributed by atoms with van der Waals surface area (Å²) < 4.78 is 30.6. The average molecular weight is 429 g/mol. The second-order valence-electron chi connectivity index (χ2n) is 6.33. The van der Waals surface area contributed by atoms with Gasteiger partial charge in [-0.2, -0.15) is 0 Å². The Kier molecular flexibility index (Phi) is 6.52. The highest BCUT2D eigenvalue weighted by atomic mass is 35.5. The molecule has 6 nitrogen and oxygen atoms in total. The number of rotatable bonds is 6. The van der Waals surface area contributed by atoms with Crippen LogP contribution < -0.4 is 0 Å². The summed E-state index contributed by atoms with van der Waals surface area (Å²) >= 11 is 7.38. The predicted octanol–water partition coefficient (Wildman–Crippen LogP) is 3.57. The van der Waals surface area contributed by atoms with Crippen LogP contribution in [0.2, 0.25) is 5.02 Å². The number of esters is 1. The van der Waals surface area contributed by atoms with Gasteiger partial charge in [0.05, 0.1) is 17.4 Å². The molecule has 9 heteroatoms. The Morgan fingerprint density at radius 3 is 2.59 bits per heavy atom. The van der Waals surface area contributed by atoms with Crippen LogP contribution >= 0.6 is 22.9 Å². The highest BCUT2D eigenvalue weighted by molar-refractivity contribution is 7.89. The fourth-order valence-electron chi connectivity index (χ4n) is 2.91. The van der Waals surface area contributed by atoms with E-state index in [0.717, 1.165) is 10.6 Å². The maximum absolute atomic E-state index is 12.3. The molecule has 0 amide bonds. The number of piperidine rings is 1. The molecule has 0 aliphatic carbocycles. The lowest BCUT2D eigenvalue weighted by atomic mass is 9.98. The van der Waals surface area contributed by atoms with Gasteiger partial charge in [0.1, 0.15) is 11.6 Å². The summed E-state index contributed by atoms with van der Waals surface area (Å²) in [6.45, 7) is 2.49. The van der Waals surface area contributed by atoms with Gasteiger partial charge >= 0.3 is 5.97 Å². The summed E-state index contributed by atoms with van der Waals surface area (Å²) in [5, 5.41) is 3.38. The molecule has 0 spiro atoms. The summed E-state index contributed by atoms with van der Waals surface area (Å²) in [6.07, 6.45) is 0.982. The molecule has 0 radical (unpaired) electrons. The van der Waals surface area contributed by atoms with E-state index in [-0.39, 0.29) is 24.2 Å². The van der Waals surface area contributed by atoms with E-state index in [1.165, 1.54) is 15.6 Å². The molecular weight excluding hydrogens is 408 g/mol. The van der Waals surface area contributed by atoms with Gasteiger partial charge in [0, 0.05) is 29.1 Å². The standard InChI is InChI=1S/C18H21ClN2O4S2/c1-2-27(23,24)21-9-7-14(8-10-21)18(22)25-11-16-12-26-17(20-16)13-3-5-15(19)6-4-13/h3-6,12,14H,2,7-11H2,1H3. The number of nitrogens with zero attached hydrogens (tertiary/aromatic N) is 2. The van der Waals surface area contributed by atoms with Gasteiger partial charge in [-0.3, -0.25) is 4.79 Å². The first-order valence-electron chi connectivity index (χ1n) is 8.74. The summed E-state index contributed by atoms with van der Waals surface area (Å²) in [5.41, 5.74) is 1.66. The number of aromatic nitrogens is 1. The van der Waals surface area contributed by atoms with Crippen LogP contribution in [0, 0.1) is 5.92 Å². The normalized spacial score (nSPS) is 16.4. The molecule has 1 aromatic heterocycles. The first-order valence-corrected chi connectivity index (χ1v) is 11.6. The van der Waals surface area contributed by atoms with Crippen LogP contribution in [0.15, 0.2) is 29.6 Å². The number of thiazole rings is 1. The molecule has 0 unspecified atom stereocenters. The molecule has 1 aliphatic heterocycles. The molecule has 1 saturated heterocycles. The number of ether oxygens (including phenoxy) is 1. The molecule has 1 aliphatic rings. The smallest absolute Gasteiger partial charge is 0.309 e. The fourth-order valence-corrected chi connectivity index (χ4v) is 4.98. The quantitative estimate of drug-likeness (QED) is 0.657. The van der Waals surface area contributed by atoms with Gasteiger partial charge in [-0.05, 0) is 31.9 Å². The van der Waals surface area contributed by atoms with Gasteiger partial charge in [-0.1, -0.05) is 23.7 Å². The van der Waals surface area contributed by atoms with Crippen molar-refractivity contribution in [1.29, 1.82) is 0 Å². The fraction of sp³-hybridized carbons (Fsp3) is 0.444. The van der Waals surface area contributed by atoms with Crippen LogP contribution in [0.4, 0.5) is 0 Å². The topological polar surface area (TPSA) is 76.6 Å². The molecule has 146 valence electrons. The van der Waals surface area contributed by atoms with E-state index in [1.807, 2.05) is 29.6 Å². The van der Waals surface area contributed by atoms with E-state index in [9.17, 15) is 13.2 Å². The third kappa shape index (κ3) is 5.07. The minimum Gasteiger partial charge on any atom is -0.459 e. The minimum absolute atomic E-state index is 0.0852. The SMILES string of the molecule is CCS(=O)(=O)N1CCC(C(=O)OCc2csc(-c3ccc(Cl)cc3)n2)CC1. The average Bonchev–Trinajstić information content (AvgIpc) is 3.16. The van der Waals surface area contributed by atoms with Crippen LogP contribution in [0.5, 0.6) is 0 Å². The molecule has 1 aromatic carbocycles. The number of hydrogen-bond donors (Lipinski definition) is 0. The Hall–Kier alpha value is -1.48. The lowest BCUT2D eigenvalue weighted by molar-refractivity contribution is -0.151. The van der Waals surface area contributed by atoms with E-state index in [4.69, 9.17) is 16.3 Å². The summed E-state index contributed by atoms with van der Waals surface area (Å²) in [5.74, 6) is -0.464.